The van der Waals surface area contributed by atoms with Crippen LogP contribution in [0, 0.1) is 0 Å². The van der Waals surface area contributed by atoms with Crippen LogP contribution in [0.5, 0.6) is 0 Å². The summed E-state index contributed by atoms with van der Waals surface area (Å²) in [4.78, 5) is 25.5. The van der Waals surface area contributed by atoms with E-state index in [9.17, 15) is 9.59 Å². The topological polar surface area (TPSA) is 64.6 Å². The highest BCUT2D eigenvalue weighted by molar-refractivity contribution is 6.42. The number of methoxy groups -OCH3 is 1. The van der Waals surface area contributed by atoms with Gasteiger partial charge in [0.2, 0.25) is 0 Å². The number of hydrogen-bond donors (Lipinski definition) is 1. The second-order valence-corrected chi connectivity index (χ2v) is 6.05. The summed E-state index contributed by atoms with van der Waals surface area (Å²) in [6.07, 6.45) is 0. The molecule has 0 aromatic heterocycles. The minimum Gasteiger partial charge on any atom is -0.466 e. The Balaban J connectivity index is 2.70. The van der Waals surface area contributed by atoms with Crippen molar-refractivity contribution in [1.82, 2.24) is 5.32 Å². The fourth-order valence-electron chi connectivity index (χ4n) is 2.80. The van der Waals surface area contributed by atoms with Gasteiger partial charge in [-0.3, -0.25) is 0 Å². The van der Waals surface area contributed by atoms with E-state index in [2.05, 4.69) is 5.32 Å². The Kier molecular flexibility index (Phi) is 4.21. The number of dihydropyridines is 1. The summed E-state index contributed by atoms with van der Waals surface area (Å²) in [6, 6.07) is 4.62. The number of esters is 2. The number of nitrogens with one attached hydrogen (secondary N) is 1. The maximum Gasteiger partial charge on any atom is 0.336 e. The molecule has 0 amide bonds. The minimum absolute atomic E-state index is 0.0219. The average Bonchev–Trinajstić information content (AvgIpc) is 2.61. The van der Waals surface area contributed by atoms with Gasteiger partial charge in [-0.15, -0.1) is 0 Å². The lowest BCUT2D eigenvalue weighted by molar-refractivity contribution is -0.139. The van der Waals surface area contributed by atoms with Crippen LogP contribution in [0.4, 0.5) is 0 Å². The average molecular weight is 389 g/mol. The van der Waals surface area contributed by atoms with Gasteiger partial charge < -0.3 is 14.8 Å². The third kappa shape index (κ3) is 3.67. The van der Waals surface area contributed by atoms with E-state index >= 15 is 0 Å². The number of rotatable bonds is 4. The molecule has 0 saturated heterocycles. The first-order chi connectivity index (χ1) is 13.7. The lowest BCUT2D eigenvalue weighted by Crippen LogP contribution is -2.32. The van der Waals surface area contributed by atoms with E-state index in [1.807, 2.05) is 0 Å². The van der Waals surface area contributed by atoms with Crippen molar-refractivity contribution in [3.63, 3.8) is 0 Å². The zero-order valence-electron chi connectivity index (χ0n) is 18.7. The molecule has 1 aromatic rings. The molecule has 5 nitrogen and oxygen atoms in total. The van der Waals surface area contributed by atoms with Crippen LogP contribution in [0.25, 0.3) is 0 Å². The normalized spacial score (nSPS) is 21.3. The predicted octanol–water partition coefficient (Wildman–Crippen LogP) is 3.96. The molecule has 0 aliphatic carbocycles. The molecule has 25 heavy (non-hydrogen) atoms. The number of halogens is 2. The molecular weight excluding hydrogens is 365 g/mol. The Morgan fingerprint density at radius 2 is 1.88 bits per heavy atom. The van der Waals surface area contributed by atoms with E-state index in [4.69, 9.17) is 39.5 Å². The van der Waals surface area contributed by atoms with Crippen molar-refractivity contribution in [1.29, 1.82) is 0 Å². The molecular formula is C18H19Cl2NO4. The summed E-state index contributed by atoms with van der Waals surface area (Å²) in [7, 11) is 1.16. The zero-order valence-corrected chi connectivity index (χ0v) is 15.2. The number of ether oxygens (including phenoxy) is 2. The number of benzene rings is 1. The zero-order chi connectivity index (χ0) is 23.0. The van der Waals surface area contributed by atoms with Gasteiger partial charge in [0.1, 0.15) is 0 Å². The van der Waals surface area contributed by atoms with Gasteiger partial charge in [0.15, 0.2) is 0 Å². The van der Waals surface area contributed by atoms with Crippen LogP contribution >= 0.6 is 23.2 Å². The van der Waals surface area contributed by atoms with Crippen LogP contribution < -0.4 is 5.32 Å². The van der Waals surface area contributed by atoms with Gasteiger partial charge in [-0.2, -0.15) is 0 Å². The molecule has 1 heterocycles. The Morgan fingerprint density at radius 3 is 2.48 bits per heavy atom. The standard InChI is InChI=1S/C18H19Cl2NO4/c1-5-25-18(23)14-10(3)21-9(2)13(17(22)24-4)15(14)11-7-6-8-12(19)16(11)20/h6-8,15,21H,5H2,1-4H3/i1D3,5D2. The highest BCUT2D eigenvalue weighted by atomic mass is 35.5. The quantitative estimate of drug-likeness (QED) is 0.790. The lowest BCUT2D eigenvalue weighted by atomic mass is 9.80. The SMILES string of the molecule is [2H]C([2H])([2H])C([2H])([2H])OC(=O)C1=C(C)NC(C)=C(C(=O)OC)C1c1cccc(Cl)c1Cl. The molecule has 1 aromatic carbocycles. The fourth-order valence-corrected chi connectivity index (χ4v) is 3.22. The number of carbonyl (C=O) groups is 2. The summed E-state index contributed by atoms with van der Waals surface area (Å²) >= 11 is 12.5. The molecule has 0 fully saturated rings. The van der Waals surface area contributed by atoms with E-state index < -0.39 is 31.3 Å². The molecule has 0 saturated carbocycles. The van der Waals surface area contributed by atoms with Gasteiger partial charge in [-0.1, -0.05) is 35.3 Å². The monoisotopic (exact) mass is 388 g/mol. The minimum atomic E-state index is -3.26. The van der Waals surface area contributed by atoms with E-state index in [0.29, 0.717) is 5.70 Å². The van der Waals surface area contributed by atoms with Crippen LogP contribution in [0.15, 0.2) is 40.7 Å². The van der Waals surface area contributed by atoms with Crippen molar-refractivity contribution < 1.29 is 25.9 Å². The summed E-state index contributed by atoms with van der Waals surface area (Å²) in [5.74, 6) is -3.17. The van der Waals surface area contributed by atoms with Crippen molar-refractivity contribution in [3.8, 4) is 0 Å². The smallest absolute Gasteiger partial charge is 0.336 e. The van der Waals surface area contributed by atoms with Crippen molar-refractivity contribution in [2.75, 3.05) is 13.7 Å². The molecule has 7 heteroatoms. The van der Waals surface area contributed by atoms with E-state index in [1.165, 1.54) is 13.0 Å². The van der Waals surface area contributed by atoms with Gasteiger partial charge in [0.25, 0.3) is 0 Å². The Morgan fingerprint density at radius 1 is 1.24 bits per heavy atom. The van der Waals surface area contributed by atoms with Crippen molar-refractivity contribution in [2.45, 2.75) is 26.6 Å². The van der Waals surface area contributed by atoms with Crippen LogP contribution in [0.2, 0.25) is 10.0 Å². The first-order valence-corrected chi connectivity index (χ1v) is 7.92. The maximum atomic E-state index is 13.0. The first kappa shape index (κ1) is 13.3. The molecule has 1 unspecified atom stereocenters. The maximum absolute atomic E-state index is 13.0. The van der Waals surface area contributed by atoms with Gasteiger partial charge in [0.05, 0.1) is 43.5 Å². The molecule has 0 bridgehead atoms. The third-order valence-electron chi connectivity index (χ3n) is 3.82. The van der Waals surface area contributed by atoms with Crippen LogP contribution in [0.3, 0.4) is 0 Å². The molecule has 0 spiro atoms. The summed E-state index contributed by atoms with van der Waals surface area (Å²) in [5, 5.41) is 3.08. The van der Waals surface area contributed by atoms with Crippen LogP contribution in [0.1, 0.15) is 39.0 Å². The Bertz CT molecular complexity index is 956. The van der Waals surface area contributed by atoms with Gasteiger partial charge >= 0.3 is 11.9 Å². The summed E-state index contributed by atoms with van der Waals surface area (Å²) < 4.78 is 46.6. The van der Waals surface area contributed by atoms with E-state index in [0.717, 1.165) is 7.11 Å². The summed E-state index contributed by atoms with van der Waals surface area (Å²) in [5.41, 5.74) is 0.696. The number of hydrogen-bond acceptors (Lipinski definition) is 5. The van der Waals surface area contributed by atoms with E-state index in [-0.39, 0.29) is 32.5 Å². The van der Waals surface area contributed by atoms with Gasteiger partial charge in [-0.05, 0) is 32.3 Å². The number of allylic oxidation sites excluding steroid dienone is 2. The third-order valence-corrected chi connectivity index (χ3v) is 4.66. The second kappa shape index (κ2) is 7.93. The highest BCUT2D eigenvalue weighted by Gasteiger charge is 2.38. The predicted molar refractivity (Wildman–Crippen MR) is 96.4 cm³/mol. The first-order valence-electron chi connectivity index (χ1n) is 9.67. The molecule has 1 aliphatic rings. The molecule has 2 rings (SSSR count). The molecule has 1 aliphatic heterocycles. The second-order valence-electron chi connectivity index (χ2n) is 5.26. The fraction of sp³-hybridized carbons (Fsp3) is 0.333. The van der Waals surface area contributed by atoms with Gasteiger partial charge in [-0.25, -0.2) is 9.59 Å². The Hall–Kier alpha value is -1.98. The van der Waals surface area contributed by atoms with Crippen LogP contribution in [-0.4, -0.2) is 25.6 Å². The molecule has 1 atom stereocenters. The van der Waals surface area contributed by atoms with Crippen molar-refractivity contribution in [2.24, 2.45) is 0 Å². The summed E-state index contributed by atoms with van der Waals surface area (Å²) in [6.45, 7) is -3.39. The lowest BCUT2D eigenvalue weighted by Gasteiger charge is -2.30. The van der Waals surface area contributed by atoms with Gasteiger partial charge in [0, 0.05) is 15.5 Å². The highest BCUT2D eigenvalue weighted by Crippen LogP contribution is 2.43. The Labute approximate surface area is 163 Å². The molecule has 0 radical (unpaired) electrons. The van der Waals surface area contributed by atoms with E-state index in [1.54, 1.807) is 19.1 Å². The molecule has 134 valence electrons. The molecule has 1 N–H and O–H groups in total. The van der Waals surface area contributed by atoms with Crippen molar-refractivity contribution in [3.05, 3.63) is 56.3 Å². The largest absolute Gasteiger partial charge is 0.466 e. The van der Waals surface area contributed by atoms with Crippen LogP contribution in [-0.2, 0) is 19.1 Å². The number of carbonyl (C=O) groups excluding carboxylic acids is 2. The van der Waals surface area contributed by atoms with Crippen molar-refractivity contribution >= 4 is 35.1 Å².